The SMILES string of the molecule is CCCN(CCOCCOCCOC)c1nc(-c2ccccc2)cs1. The van der Waals surface area contributed by atoms with Gasteiger partial charge in [-0.3, -0.25) is 0 Å². The molecule has 1 aromatic carbocycles. The second kappa shape index (κ2) is 12.0. The zero-order valence-corrected chi connectivity index (χ0v) is 16.0. The van der Waals surface area contributed by atoms with Crippen molar-refractivity contribution in [2.45, 2.75) is 13.3 Å². The Morgan fingerprint density at radius 2 is 1.68 bits per heavy atom. The van der Waals surface area contributed by atoms with E-state index in [1.165, 1.54) is 0 Å². The van der Waals surface area contributed by atoms with Crippen molar-refractivity contribution in [3.05, 3.63) is 35.7 Å². The molecule has 0 atom stereocenters. The van der Waals surface area contributed by atoms with Crippen LogP contribution in [0.5, 0.6) is 0 Å². The number of benzene rings is 1. The van der Waals surface area contributed by atoms with Crippen LogP contribution >= 0.6 is 11.3 Å². The van der Waals surface area contributed by atoms with Gasteiger partial charge in [0, 0.05) is 31.1 Å². The van der Waals surface area contributed by atoms with Crippen LogP contribution in [0.4, 0.5) is 5.13 Å². The minimum Gasteiger partial charge on any atom is -0.382 e. The number of rotatable bonds is 13. The largest absolute Gasteiger partial charge is 0.382 e. The highest BCUT2D eigenvalue weighted by molar-refractivity contribution is 7.14. The van der Waals surface area contributed by atoms with Gasteiger partial charge in [-0.05, 0) is 6.42 Å². The summed E-state index contributed by atoms with van der Waals surface area (Å²) in [7, 11) is 1.67. The summed E-state index contributed by atoms with van der Waals surface area (Å²) >= 11 is 1.69. The number of methoxy groups -OCH3 is 1. The van der Waals surface area contributed by atoms with Crippen molar-refractivity contribution in [3.8, 4) is 11.3 Å². The Bertz CT molecular complexity index is 577. The lowest BCUT2D eigenvalue weighted by Crippen LogP contribution is -2.28. The Balaban J connectivity index is 1.77. The van der Waals surface area contributed by atoms with Crippen LogP contribution in [0.2, 0.25) is 0 Å². The summed E-state index contributed by atoms with van der Waals surface area (Å²) in [6, 6.07) is 10.3. The van der Waals surface area contributed by atoms with Gasteiger partial charge >= 0.3 is 0 Å². The number of aromatic nitrogens is 1. The van der Waals surface area contributed by atoms with E-state index >= 15 is 0 Å². The Labute approximate surface area is 154 Å². The zero-order valence-electron chi connectivity index (χ0n) is 15.1. The van der Waals surface area contributed by atoms with Crippen LogP contribution in [-0.4, -0.2) is 58.2 Å². The van der Waals surface area contributed by atoms with E-state index in [1.807, 2.05) is 18.2 Å². The van der Waals surface area contributed by atoms with E-state index < -0.39 is 0 Å². The molecule has 138 valence electrons. The summed E-state index contributed by atoms with van der Waals surface area (Å²) in [5, 5.41) is 3.18. The summed E-state index contributed by atoms with van der Waals surface area (Å²) in [6.45, 7) is 7.13. The fourth-order valence-electron chi connectivity index (χ4n) is 2.36. The lowest BCUT2D eigenvalue weighted by Gasteiger charge is -2.21. The van der Waals surface area contributed by atoms with Gasteiger partial charge in [0.05, 0.1) is 38.7 Å². The van der Waals surface area contributed by atoms with Crippen molar-refractivity contribution in [2.24, 2.45) is 0 Å². The summed E-state index contributed by atoms with van der Waals surface area (Å²) in [5.41, 5.74) is 2.19. The molecule has 0 amide bonds. The molecular formula is C19H28N2O3S. The van der Waals surface area contributed by atoms with E-state index in [0.717, 1.165) is 35.9 Å². The highest BCUT2D eigenvalue weighted by Gasteiger charge is 2.11. The summed E-state index contributed by atoms with van der Waals surface area (Å²) in [4.78, 5) is 7.09. The van der Waals surface area contributed by atoms with Gasteiger partial charge in [0.25, 0.3) is 0 Å². The third-order valence-electron chi connectivity index (χ3n) is 3.64. The van der Waals surface area contributed by atoms with Crippen molar-refractivity contribution >= 4 is 16.5 Å². The van der Waals surface area contributed by atoms with Crippen molar-refractivity contribution in [1.29, 1.82) is 0 Å². The highest BCUT2D eigenvalue weighted by Crippen LogP contribution is 2.27. The van der Waals surface area contributed by atoms with E-state index in [0.29, 0.717) is 33.0 Å². The minimum absolute atomic E-state index is 0.604. The van der Waals surface area contributed by atoms with Crippen molar-refractivity contribution in [1.82, 2.24) is 4.98 Å². The normalized spacial score (nSPS) is 11.0. The van der Waals surface area contributed by atoms with Gasteiger partial charge < -0.3 is 19.1 Å². The molecule has 0 unspecified atom stereocenters. The first-order valence-corrected chi connectivity index (χ1v) is 9.63. The average molecular weight is 365 g/mol. The Kier molecular flexibility index (Phi) is 9.51. The molecular weight excluding hydrogens is 336 g/mol. The van der Waals surface area contributed by atoms with Crippen LogP contribution in [0.15, 0.2) is 35.7 Å². The number of hydrogen-bond acceptors (Lipinski definition) is 6. The molecule has 2 rings (SSSR count). The van der Waals surface area contributed by atoms with E-state index in [2.05, 4.69) is 29.3 Å². The van der Waals surface area contributed by atoms with Gasteiger partial charge in [-0.15, -0.1) is 11.3 Å². The number of thiazole rings is 1. The lowest BCUT2D eigenvalue weighted by atomic mass is 10.2. The molecule has 0 spiro atoms. The maximum Gasteiger partial charge on any atom is 0.185 e. The Morgan fingerprint density at radius 3 is 2.40 bits per heavy atom. The summed E-state index contributed by atoms with van der Waals surface area (Å²) in [5.74, 6) is 0. The van der Waals surface area contributed by atoms with E-state index in [9.17, 15) is 0 Å². The quantitative estimate of drug-likeness (QED) is 0.507. The fourth-order valence-corrected chi connectivity index (χ4v) is 3.25. The molecule has 0 radical (unpaired) electrons. The molecule has 0 aliphatic rings. The van der Waals surface area contributed by atoms with E-state index in [-0.39, 0.29) is 0 Å². The van der Waals surface area contributed by atoms with E-state index in [1.54, 1.807) is 18.4 Å². The third-order valence-corrected chi connectivity index (χ3v) is 4.54. The smallest absolute Gasteiger partial charge is 0.185 e. The molecule has 1 aromatic heterocycles. The second-order valence-corrected chi connectivity index (χ2v) is 6.42. The Hall–Kier alpha value is -1.47. The van der Waals surface area contributed by atoms with Gasteiger partial charge in [0.15, 0.2) is 5.13 Å². The van der Waals surface area contributed by atoms with Crippen LogP contribution in [0, 0.1) is 0 Å². The molecule has 5 nitrogen and oxygen atoms in total. The fraction of sp³-hybridized carbons (Fsp3) is 0.526. The molecule has 0 saturated carbocycles. The van der Waals surface area contributed by atoms with Crippen LogP contribution < -0.4 is 4.90 Å². The molecule has 0 aliphatic carbocycles. The first kappa shape index (κ1) is 19.8. The van der Waals surface area contributed by atoms with Gasteiger partial charge in [-0.25, -0.2) is 4.98 Å². The number of ether oxygens (including phenoxy) is 3. The van der Waals surface area contributed by atoms with Crippen LogP contribution in [0.3, 0.4) is 0 Å². The minimum atomic E-state index is 0.604. The molecule has 0 N–H and O–H groups in total. The number of nitrogens with zero attached hydrogens (tertiary/aromatic N) is 2. The first-order valence-electron chi connectivity index (χ1n) is 8.75. The summed E-state index contributed by atoms with van der Waals surface area (Å²) < 4.78 is 16.0. The van der Waals surface area contributed by atoms with Crippen molar-refractivity contribution in [3.63, 3.8) is 0 Å². The average Bonchev–Trinajstić information content (AvgIpc) is 3.14. The van der Waals surface area contributed by atoms with Gasteiger partial charge in [-0.2, -0.15) is 0 Å². The highest BCUT2D eigenvalue weighted by atomic mass is 32.1. The maximum atomic E-state index is 5.67. The predicted octanol–water partition coefficient (Wildman–Crippen LogP) is 3.71. The monoisotopic (exact) mass is 364 g/mol. The molecule has 0 fully saturated rings. The van der Waals surface area contributed by atoms with Gasteiger partial charge in [-0.1, -0.05) is 37.3 Å². The first-order chi connectivity index (χ1) is 12.3. The van der Waals surface area contributed by atoms with Crippen LogP contribution in [0.1, 0.15) is 13.3 Å². The zero-order chi connectivity index (χ0) is 17.7. The number of anilines is 1. The maximum absolute atomic E-state index is 5.67. The molecule has 0 saturated heterocycles. The molecule has 0 aliphatic heterocycles. The van der Waals surface area contributed by atoms with E-state index in [4.69, 9.17) is 19.2 Å². The van der Waals surface area contributed by atoms with Crippen molar-refractivity contribution < 1.29 is 14.2 Å². The third kappa shape index (κ3) is 7.12. The molecule has 2 aromatic rings. The van der Waals surface area contributed by atoms with Crippen LogP contribution in [-0.2, 0) is 14.2 Å². The van der Waals surface area contributed by atoms with Crippen LogP contribution in [0.25, 0.3) is 11.3 Å². The summed E-state index contributed by atoms with van der Waals surface area (Å²) in [6.07, 6.45) is 1.08. The molecule has 25 heavy (non-hydrogen) atoms. The van der Waals surface area contributed by atoms with Crippen molar-refractivity contribution in [2.75, 3.05) is 58.1 Å². The standard InChI is InChI=1S/C19H28N2O3S/c1-3-9-21(10-11-23-14-15-24-13-12-22-2)19-20-18(16-25-19)17-7-5-4-6-8-17/h4-8,16H,3,9-15H2,1-2H3. The topological polar surface area (TPSA) is 43.8 Å². The van der Waals surface area contributed by atoms with Gasteiger partial charge in [0.1, 0.15) is 0 Å². The second-order valence-electron chi connectivity index (χ2n) is 5.59. The molecule has 6 heteroatoms. The Morgan fingerprint density at radius 1 is 0.960 bits per heavy atom. The molecule has 0 bridgehead atoms. The lowest BCUT2D eigenvalue weighted by molar-refractivity contribution is 0.0264. The van der Waals surface area contributed by atoms with Gasteiger partial charge in [0.2, 0.25) is 0 Å². The number of hydrogen-bond donors (Lipinski definition) is 0. The molecule has 1 heterocycles. The predicted molar refractivity (Wildman–Crippen MR) is 104 cm³/mol.